The topological polar surface area (TPSA) is 46.6 Å². The maximum atomic E-state index is 5.99. The highest BCUT2D eigenvalue weighted by atomic mass is 32.2. The van der Waals surface area contributed by atoms with Gasteiger partial charge in [0.05, 0.1) is 12.2 Å². The molecule has 3 aromatic rings. The number of benzene rings is 2. The Labute approximate surface area is 182 Å². The highest BCUT2D eigenvalue weighted by Crippen LogP contribution is 2.38. The first kappa shape index (κ1) is 20.7. The summed E-state index contributed by atoms with van der Waals surface area (Å²) in [4.78, 5) is 7.85. The fraction of sp³-hybridized carbons (Fsp3) is 0.292. The Morgan fingerprint density at radius 1 is 1.17 bits per heavy atom. The van der Waals surface area contributed by atoms with E-state index in [9.17, 15) is 0 Å². The molecule has 0 aliphatic carbocycles. The minimum atomic E-state index is -0.210. The van der Waals surface area contributed by atoms with Gasteiger partial charge in [-0.05, 0) is 60.7 Å². The molecule has 1 unspecified atom stereocenters. The van der Waals surface area contributed by atoms with Gasteiger partial charge in [-0.25, -0.2) is 0 Å². The summed E-state index contributed by atoms with van der Waals surface area (Å²) in [5.41, 5.74) is 5.48. The molecule has 2 aromatic carbocycles. The number of hydrogen-bond donors (Lipinski definition) is 1. The van der Waals surface area contributed by atoms with Crippen LogP contribution in [0.25, 0.3) is 0 Å². The Kier molecular flexibility index (Phi) is 6.57. The van der Waals surface area contributed by atoms with E-state index in [1.807, 2.05) is 19.2 Å². The van der Waals surface area contributed by atoms with Crippen molar-refractivity contribution in [3.8, 4) is 5.75 Å². The fourth-order valence-electron chi connectivity index (χ4n) is 3.66. The number of ether oxygens (including phenoxy) is 2. The van der Waals surface area contributed by atoms with Crippen molar-refractivity contribution in [3.63, 3.8) is 0 Å². The first-order valence-electron chi connectivity index (χ1n) is 10.0. The van der Waals surface area contributed by atoms with Crippen molar-refractivity contribution in [2.24, 2.45) is 0 Å². The van der Waals surface area contributed by atoms with Gasteiger partial charge in [0.2, 0.25) is 0 Å². The number of nitrogens with zero attached hydrogens (tertiary/aromatic N) is 2. The quantitative estimate of drug-likeness (QED) is 0.424. The Bertz CT molecular complexity index is 994. The lowest BCUT2D eigenvalue weighted by Crippen LogP contribution is -2.29. The van der Waals surface area contributed by atoms with E-state index >= 15 is 0 Å². The second-order valence-electron chi connectivity index (χ2n) is 7.23. The molecule has 0 fully saturated rings. The van der Waals surface area contributed by atoms with E-state index in [0.29, 0.717) is 6.61 Å². The van der Waals surface area contributed by atoms with E-state index in [1.54, 1.807) is 18.9 Å². The third kappa shape index (κ3) is 4.61. The summed E-state index contributed by atoms with van der Waals surface area (Å²) in [6, 6.07) is 19.0. The van der Waals surface area contributed by atoms with Crippen LogP contribution in [0, 0.1) is 6.92 Å². The normalized spacial score (nSPS) is 14.2. The smallest absolute Gasteiger partial charge is 0.143 e. The third-order valence-corrected chi connectivity index (χ3v) is 5.97. The molecule has 30 heavy (non-hydrogen) atoms. The predicted molar refractivity (Wildman–Crippen MR) is 123 cm³/mol. The van der Waals surface area contributed by atoms with Crippen LogP contribution in [0.5, 0.6) is 5.75 Å². The van der Waals surface area contributed by atoms with Gasteiger partial charge < -0.3 is 14.4 Å². The fourth-order valence-corrected chi connectivity index (χ4v) is 4.07. The van der Waals surface area contributed by atoms with Crippen LogP contribution in [-0.4, -0.2) is 31.5 Å². The maximum absolute atomic E-state index is 5.99. The number of rotatable bonds is 7. The molecule has 5 nitrogen and oxygen atoms in total. The van der Waals surface area contributed by atoms with Crippen LogP contribution >= 0.6 is 11.8 Å². The van der Waals surface area contributed by atoms with E-state index in [2.05, 4.69) is 70.0 Å². The third-order valence-electron chi connectivity index (χ3n) is 5.23. The monoisotopic (exact) mass is 421 g/mol. The summed E-state index contributed by atoms with van der Waals surface area (Å²) >= 11 is 1.75. The molecule has 6 heteroatoms. The van der Waals surface area contributed by atoms with Gasteiger partial charge in [-0.15, -0.1) is 11.8 Å². The number of pyridine rings is 1. The standard InChI is InChI=1S/C24H27N3O2S/c1-17-14-20(10-11-25-17)27-12-13-29-23-15-19(6-9-22(23)27)24(28-2)26-16-18-4-7-21(30-3)8-5-18/h4-11,14-15,24,26H,12-13,16H2,1-3H3. The predicted octanol–water partition coefficient (Wildman–Crippen LogP) is 5.08. The maximum Gasteiger partial charge on any atom is 0.143 e. The number of anilines is 2. The first-order valence-corrected chi connectivity index (χ1v) is 11.3. The number of aromatic nitrogens is 1. The van der Waals surface area contributed by atoms with Crippen LogP contribution in [0.2, 0.25) is 0 Å². The molecular formula is C24H27N3O2S. The van der Waals surface area contributed by atoms with E-state index < -0.39 is 0 Å². The van der Waals surface area contributed by atoms with Gasteiger partial charge in [0, 0.05) is 36.1 Å². The van der Waals surface area contributed by atoms with Crippen LogP contribution in [0.1, 0.15) is 23.0 Å². The molecule has 0 bridgehead atoms. The number of methoxy groups -OCH3 is 1. The van der Waals surface area contributed by atoms with Crippen molar-refractivity contribution in [2.45, 2.75) is 24.6 Å². The van der Waals surface area contributed by atoms with Crippen molar-refractivity contribution in [1.29, 1.82) is 0 Å². The summed E-state index contributed by atoms with van der Waals surface area (Å²) in [5.74, 6) is 0.876. The number of nitrogens with one attached hydrogen (secondary N) is 1. The number of thioether (sulfide) groups is 1. The molecule has 1 atom stereocenters. The van der Waals surface area contributed by atoms with Gasteiger partial charge in [0.15, 0.2) is 0 Å². The first-order chi connectivity index (χ1) is 14.7. The molecule has 4 rings (SSSR count). The second-order valence-corrected chi connectivity index (χ2v) is 8.11. The van der Waals surface area contributed by atoms with Crippen molar-refractivity contribution >= 4 is 23.1 Å². The van der Waals surface area contributed by atoms with Crippen LogP contribution in [-0.2, 0) is 11.3 Å². The molecule has 0 amide bonds. The Morgan fingerprint density at radius 3 is 2.73 bits per heavy atom. The van der Waals surface area contributed by atoms with Gasteiger partial charge in [0.1, 0.15) is 18.6 Å². The molecule has 156 valence electrons. The zero-order chi connectivity index (χ0) is 20.9. The van der Waals surface area contributed by atoms with E-state index in [1.165, 1.54) is 10.5 Å². The summed E-state index contributed by atoms with van der Waals surface area (Å²) in [7, 11) is 1.72. The van der Waals surface area contributed by atoms with Crippen molar-refractivity contribution < 1.29 is 9.47 Å². The zero-order valence-electron chi connectivity index (χ0n) is 17.6. The van der Waals surface area contributed by atoms with Crippen molar-refractivity contribution in [1.82, 2.24) is 10.3 Å². The Hall–Kier alpha value is -2.54. The second kappa shape index (κ2) is 9.51. The van der Waals surface area contributed by atoms with Crippen LogP contribution < -0.4 is 15.0 Å². The zero-order valence-corrected chi connectivity index (χ0v) is 18.4. The average molecular weight is 422 g/mol. The lowest BCUT2D eigenvalue weighted by molar-refractivity contribution is 0.0718. The molecule has 0 saturated heterocycles. The van der Waals surface area contributed by atoms with Crippen molar-refractivity contribution in [3.05, 3.63) is 77.6 Å². The van der Waals surface area contributed by atoms with Gasteiger partial charge in [0.25, 0.3) is 0 Å². The summed E-state index contributed by atoms with van der Waals surface area (Å²) in [6.07, 6.45) is 3.73. The molecule has 0 spiro atoms. The van der Waals surface area contributed by atoms with Gasteiger partial charge in [-0.2, -0.15) is 0 Å². The van der Waals surface area contributed by atoms with E-state index in [-0.39, 0.29) is 6.23 Å². The van der Waals surface area contributed by atoms with Gasteiger partial charge >= 0.3 is 0 Å². The number of fused-ring (bicyclic) bond motifs is 1. The van der Waals surface area contributed by atoms with Gasteiger partial charge in [-0.3, -0.25) is 10.3 Å². The summed E-state index contributed by atoms with van der Waals surface area (Å²) in [6.45, 7) is 4.20. The lowest BCUT2D eigenvalue weighted by atomic mass is 10.1. The summed E-state index contributed by atoms with van der Waals surface area (Å²) < 4.78 is 11.7. The molecule has 1 aliphatic rings. The molecule has 2 heterocycles. The largest absolute Gasteiger partial charge is 0.490 e. The van der Waals surface area contributed by atoms with E-state index in [4.69, 9.17) is 9.47 Å². The molecule has 0 saturated carbocycles. The minimum Gasteiger partial charge on any atom is -0.490 e. The Morgan fingerprint density at radius 2 is 2.00 bits per heavy atom. The summed E-state index contributed by atoms with van der Waals surface area (Å²) in [5, 5.41) is 3.49. The highest BCUT2D eigenvalue weighted by molar-refractivity contribution is 7.98. The van der Waals surface area contributed by atoms with Crippen LogP contribution in [0.3, 0.4) is 0 Å². The number of hydrogen-bond acceptors (Lipinski definition) is 6. The van der Waals surface area contributed by atoms with Crippen molar-refractivity contribution in [2.75, 3.05) is 31.4 Å². The highest BCUT2D eigenvalue weighted by Gasteiger charge is 2.22. The molecule has 1 aromatic heterocycles. The Balaban J connectivity index is 1.51. The molecule has 1 aliphatic heterocycles. The molecular weight excluding hydrogens is 394 g/mol. The van der Waals surface area contributed by atoms with E-state index in [0.717, 1.165) is 41.5 Å². The average Bonchev–Trinajstić information content (AvgIpc) is 2.79. The molecule has 0 radical (unpaired) electrons. The molecule has 1 N–H and O–H groups in total. The number of aryl methyl sites for hydroxylation is 1. The van der Waals surface area contributed by atoms with Gasteiger partial charge in [-0.1, -0.05) is 18.2 Å². The van der Waals surface area contributed by atoms with Crippen LogP contribution in [0.15, 0.2) is 65.7 Å². The van der Waals surface area contributed by atoms with Crippen LogP contribution in [0.4, 0.5) is 11.4 Å². The SMILES string of the molecule is COC(NCc1ccc(SC)cc1)c1ccc2c(c1)OCCN2c1ccnc(C)c1. The minimum absolute atomic E-state index is 0.210. The lowest BCUT2D eigenvalue weighted by Gasteiger charge is -2.32.